The van der Waals surface area contributed by atoms with Gasteiger partial charge in [-0.2, -0.15) is 4.31 Å². The lowest BCUT2D eigenvalue weighted by molar-refractivity contribution is -0.116. The van der Waals surface area contributed by atoms with Crippen LogP contribution in [0, 0.1) is 5.92 Å². The van der Waals surface area contributed by atoms with Crippen molar-refractivity contribution in [1.29, 1.82) is 0 Å². The zero-order valence-corrected chi connectivity index (χ0v) is 13.9. The first kappa shape index (κ1) is 17.7. The number of benzene rings is 1. The van der Waals surface area contributed by atoms with E-state index in [1.54, 1.807) is 0 Å². The number of hydrogen-bond donors (Lipinski definition) is 1. The molecule has 0 bridgehead atoms. The molecule has 0 aliphatic rings. The zero-order chi connectivity index (χ0) is 16.0. The average Bonchev–Trinajstić information content (AvgIpc) is 2.37. The summed E-state index contributed by atoms with van der Waals surface area (Å²) in [7, 11) is -3.39. The standard InChI is InChI=1S/C15H24N2O3S/c1-5-13-8-6-7-9-14(13)16-15(18)11-17(10-12(2)3)21(4,19)20/h6-9,12H,5,10-11H2,1-4H3,(H,16,18). The molecule has 1 aromatic carbocycles. The SMILES string of the molecule is CCc1ccccc1NC(=O)CN(CC(C)C)S(C)(=O)=O. The summed E-state index contributed by atoms with van der Waals surface area (Å²) in [6.07, 6.45) is 1.93. The van der Waals surface area contributed by atoms with Crippen LogP contribution in [-0.4, -0.2) is 38.0 Å². The third kappa shape index (κ3) is 5.85. The number of amides is 1. The van der Waals surface area contributed by atoms with Crippen LogP contribution >= 0.6 is 0 Å². The molecular weight excluding hydrogens is 288 g/mol. The van der Waals surface area contributed by atoms with E-state index in [0.717, 1.165) is 23.9 Å². The number of para-hydroxylation sites is 1. The maximum Gasteiger partial charge on any atom is 0.239 e. The number of carbonyl (C=O) groups is 1. The van der Waals surface area contributed by atoms with Gasteiger partial charge in [0.1, 0.15) is 0 Å². The van der Waals surface area contributed by atoms with Crippen LogP contribution in [0.5, 0.6) is 0 Å². The predicted molar refractivity (Wildman–Crippen MR) is 85.7 cm³/mol. The van der Waals surface area contributed by atoms with Crippen LogP contribution in [0.25, 0.3) is 0 Å². The second-order valence-electron chi connectivity index (χ2n) is 5.51. The number of nitrogens with zero attached hydrogens (tertiary/aromatic N) is 1. The van der Waals surface area contributed by atoms with E-state index in [1.165, 1.54) is 4.31 Å². The lowest BCUT2D eigenvalue weighted by atomic mass is 10.1. The summed E-state index contributed by atoms with van der Waals surface area (Å²) in [5.41, 5.74) is 1.77. The van der Waals surface area contributed by atoms with Crippen molar-refractivity contribution in [3.8, 4) is 0 Å². The van der Waals surface area contributed by atoms with E-state index in [0.29, 0.717) is 6.54 Å². The van der Waals surface area contributed by atoms with Crippen molar-refractivity contribution in [1.82, 2.24) is 4.31 Å². The van der Waals surface area contributed by atoms with Gasteiger partial charge in [-0.05, 0) is 24.0 Å². The first-order valence-electron chi connectivity index (χ1n) is 7.07. The summed E-state index contributed by atoms with van der Waals surface area (Å²) in [6, 6.07) is 7.52. The van der Waals surface area contributed by atoms with E-state index in [9.17, 15) is 13.2 Å². The Balaban J connectivity index is 2.79. The van der Waals surface area contributed by atoms with E-state index in [2.05, 4.69) is 5.32 Å². The number of rotatable bonds is 7. The number of sulfonamides is 1. The number of hydrogen-bond acceptors (Lipinski definition) is 3. The molecule has 1 aromatic rings. The Hall–Kier alpha value is -1.40. The normalized spacial score (nSPS) is 11.9. The van der Waals surface area contributed by atoms with Crippen molar-refractivity contribution in [2.45, 2.75) is 27.2 Å². The van der Waals surface area contributed by atoms with Gasteiger partial charge < -0.3 is 5.32 Å². The minimum atomic E-state index is -3.39. The van der Waals surface area contributed by atoms with E-state index in [4.69, 9.17) is 0 Å². The Labute approximate surface area is 127 Å². The molecule has 5 nitrogen and oxygen atoms in total. The van der Waals surface area contributed by atoms with Crippen molar-refractivity contribution in [2.24, 2.45) is 5.92 Å². The Morgan fingerprint density at radius 3 is 2.43 bits per heavy atom. The predicted octanol–water partition coefficient (Wildman–Crippen LogP) is 2.11. The van der Waals surface area contributed by atoms with Crippen molar-refractivity contribution >= 4 is 21.6 Å². The van der Waals surface area contributed by atoms with Crippen LogP contribution in [0.2, 0.25) is 0 Å². The molecule has 0 aliphatic carbocycles. The van der Waals surface area contributed by atoms with Crippen molar-refractivity contribution in [3.63, 3.8) is 0 Å². The minimum Gasteiger partial charge on any atom is -0.325 e. The largest absolute Gasteiger partial charge is 0.325 e. The number of carbonyl (C=O) groups excluding carboxylic acids is 1. The van der Waals surface area contributed by atoms with Crippen molar-refractivity contribution in [3.05, 3.63) is 29.8 Å². The molecule has 1 amide bonds. The van der Waals surface area contributed by atoms with Crippen LogP contribution in [0.1, 0.15) is 26.3 Å². The van der Waals surface area contributed by atoms with Crippen LogP contribution in [-0.2, 0) is 21.2 Å². The van der Waals surface area contributed by atoms with Gasteiger partial charge in [-0.15, -0.1) is 0 Å². The molecule has 0 radical (unpaired) electrons. The Morgan fingerprint density at radius 1 is 1.29 bits per heavy atom. The van der Waals surface area contributed by atoms with Gasteiger partial charge in [0.2, 0.25) is 15.9 Å². The van der Waals surface area contributed by atoms with Crippen molar-refractivity contribution < 1.29 is 13.2 Å². The topological polar surface area (TPSA) is 66.5 Å². The summed E-state index contributed by atoms with van der Waals surface area (Å²) in [5, 5.41) is 2.79. The maximum absolute atomic E-state index is 12.1. The maximum atomic E-state index is 12.1. The smallest absolute Gasteiger partial charge is 0.239 e. The van der Waals surface area contributed by atoms with E-state index in [1.807, 2.05) is 45.0 Å². The molecule has 1 N–H and O–H groups in total. The van der Waals surface area contributed by atoms with Crippen LogP contribution < -0.4 is 5.32 Å². The molecule has 0 spiro atoms. The molecule has 21 heavy (non-hydrogen) atoms. The van der Waals surface area contributed by atoms with E-state index < -0.39 is 10.0 Å². The molecule has 0 aromatic heterocycles. The van der Waals surface area contributed by atoms with Gasteiger partial charge in [0.25, 0.3) is 0 Å². The van der Waals surface area contributed by atoms with E-state index >= 15 is 0 Å². The number of anilines is 1. The van der Waals surface area contributed by atoms with Gasteiger partial charge in [0.15, 0.2) is 0 Å². The second-order valence-corrected chi connectivity index (χ2v) is 7.49. The quantitative estimate of drug-likeness (QED) is 0.838. The number of aryl methyl sites for hydroxylation is 1. The fourth-order valence-corrected chi connectivity index (χ4v) is 2.95. The minimum absolute atomic E-state index is 0.158. The summed E-state index contributed by atoms with van der Waals surface area (Å²) >= 11 is 0. The molecule has 0 aliphatic heterocycles. The Bertz CT molecular complexity index is 582. The highest BCUT2D eigenvalue weighted by atomic mass is 32.2. The molecule has 0 heterocycles. The number of nitrogens with one attached hydrogen (secondary N) is 1. The molecular formula is C15H24N2O3S. The molecule has 0 unspecified atom stereocenters. The highest BCUT2D eigenvalue weighted by molar-refractivity contribution is 7.88. The van der Waals surface area contributed by atoms with Crippen LogP contribution in [0.15, 0.2) is 24.3 Å². The molecule has 6 heteroatoms. The highest BCUT2D eigenvalue weighted by Crippen LogP contribution is 2.15. The summed E-state index contributed by atoms with van der Waals surface area (Å²) in [4.78, 5) is 12.1. The Morgan fingerprint density at radius 2 is 1.90 bits per heavy atom. The van der Waals surface area contributed by atoms with Gasteiger partial charge in [-0.25, -0.2) is 8.42 Å². The monoisotopic (exact) mass is 312 g/mol. The average molecular weight is 312 g/mol. The van der Waals surface area contributed by atoms with Crippen LogP contribution in [0.4, 0.5) is 5.69 Å². The first-order valence-corrected chi connectivity index (χ1v) is 8.91. The third-order valence-corrected chi connectivity index (χ3v) is 4.25. The van der Waals surface area contributed by atoms with Crippen molar-refractivity contribution in [2.75, 3.05) is 24.7 Å². The lowest BCUT2D eigenvalue weighted by Crippen LogP contribution is -2.39. The lowest BCUT2D eigenvalue weighted by Gasteiger charge is -2.21. The highest BCUT2D eigenvalue weighted by Gasteiger charge is 2.21. The van der Waals surface area contributed by atoms with Gasteiger partial charge in [0.05, 0.1) is 12.8 Å². The van der Waals surface area contributed by atoms with E-state index in [-0.39, 0.29) is 18.4 Å². The third-order valence-electron chi connectivity index (χ3n) is 3.03. The molecule has 0 saturated heterocycles. The summed E-state index contributed by atoms with van der Waals surface area (Å²) in [5.74, 6) is -0.155. The molecule has 0 fully saturated rings. The second kappa shape index (κ2) is 7.56. The molecule has 0 atom stereocenters. The van der Waals surface area contributed by atoms with Gasteiger partial charge in [0, 0.05) is 12.2 Å². The van der Waals surface area contributed by atoms with Gasteiger partial charge >= 0.3 is 0 Å². The van der Waals surface area contributed by atoms with Gasteiger partial charge in [-0.1, -0.05) is 39.0 Å². The Kier molecular flexibility index (Phi) is 6.36. The van der Waals surface area contributed by atoms with Gasteiger partial charge in [-0.3, -0.25) is 4.79 Å². The fourth-order valence-electron chi connectivity index (χ4n) is 2.02. The summed E-state index contributed by atoms with van der Waals surface area (Å²) in [6.45, 7) is 6.02. The first-order chi connectivity index (χ1) is 9.74. The zero-order valence-electron chi connectivity index (χ0n) is 13.1. The summed E-state index contributed by atoms with van der Waals surface area (Å²) < 4.78 is 24.7. The molecule has 1 rings (SSSR count). The molecule has 118 valence electrons. The molecule has 0 saturated carbocycles. The van der Waals surface area contributed by atoms with Crippen LogP contribution in [0.3, 0.4) is 0 Å². The fraction of sp³-hybridized carbons (Fsp3) is 0.533.